The summed E-state index contributed by atoms with van der Waals surface area (Å²) < 4.78 is 9.37. The molecule has 1 aliphatic rings. The van der Waals surface area contributed by atoms with Crippen LogP contribution in [-0.4, -0.2) is 44.1 Å². The SMILES string of the molecule is COC(=O)C=CC(C(=O)OC)=C(C)N(C)C1CCCCC1. The summed E-state index contributed by atoms with van der Waals surface area (Å²) >= 11 is 0. The molecule has 118 valence electrons. The number of carbonyl (C=O) groups excluding carboxylic acids is 2. The number of methoxy groups -OCH3 is 2. The van der Waals surface area contributed by atoms with E-state index in [4.69, 9.17) is 4.74 Å². The van der Waals surface area contributed by atoms with Crippen molar-refractivity contribution < 1.29 is 19.1 Å². The standard InChI is InChI=1S/C16H25NO4/c1-12(17(2)13-8-6-5-7-9-13)14(16(19)21-4)10-11-15(18)20-3/h10-11,13H,5-9H2,1-4H3. The Bertz CT molecular complexity index is 434. The van der Waals surface area contributed by atoms with Crippen molar-refractivity contribution in [2.45, 2.75) is 45.1 Å². The van der Waals surface area contributed by atoms with Crippen LogP contribution in [0.2, 0.25) is 0 Å². The maximum atomic E-state index is 11.9. The predicted octanol–water partition coefficient (Wildman–Crippen LogP) is 2.43. The number of hydrogen-bond acceptors (Lipinski definition) is 5. The molecule has 0 aromatic rings. The van der Waals surface area contributed by atoms with Crippen LogP contribution in [-0.2, 0) is 19.1 Å². The van der Waals surface area contributed by atoms with Crippen molar-refractivity contribution in [3.05, 3.63) is 23.4 Å². The molecular formula is C16H25NO4. The van der Waals surface area contributed by atoms with E-state index in [0.29, 0.717) is 11.6 Å². The molecule has 0 heterocycles. The molecule has 1 rings (SSSR count). The molecule has 1 fully saturated rings. The number of ether oxygens (including phenoxy) is 2. The number of rotatable bonds is 5. The summed E-state index contributed by atoms with van der Waals surface area (Å²) in [5, 5.41) is 0. The molecule has 0 N–H and O–H groups in total. The van der Waals surface area contributed by atoms with Gasteiger partial charge in [-0.05, 0) is 25.8 Å². The molecule has 5 nitrogen and oxygen atoms in total. The lowest BCUT2D eigenvalue weighted by atomic mass is 9.94. The fourth-order valence-corrected chi connectivity index (χ4v) is 2.60. The van der Waals surface area contributed by atoms with Crippen LogP contribution in [0.5, 0.6) is 0 Å². The minimum absolute atomic E-state index is 0.385. The summed E-state index contributed by atoms with van der Waals surface area (Å²) in [7, 11) is 4.62. The minimum atomic E-state index is -0.496. The summed E-state index contributed by atoms with van der Waals surface area (Å²) in [6.07, 6.45) is 8.67. The van der Waals surface area contributed by atoms with Crippen molar-refractivity contribution in [1.82, 2.24) is 4.90 Å². The van der Waals surface area contributed by atoms with E-state index < -0.39 is 11.9 Å². The molecule has 0 unspecified atom stereocenters. The molecule has 0 aromatic carbocycles. The maximum absolute atomic E-state index is 11.9. The van der Waals surface area contributed by atoms with E-state index in [0.717, 1.165) is 18.5 Å². The van der Waals surface area contributed by atoms with Gasteiger partial charge in [-0.2, -0.15) is 0 Å². The van der Waals surface area contributed by atoms with Gasteiger partial charge in [-0.3, -0.25) is 0 Å². The lowest BCUT2D eigenvalue weighted by Gasteiger charge is -2.34. The monoisotopic (exact) mass is 295 g/mol. The molecule has 0 spiro atoms. The summed E-state index contributed by atoms with van der Waals surface area (Å²) in [6, 6.07) is 0.435. The molecule has 1 aliphatic carbocycles. The first-order chi connectivity index (χ1) is 10.0. The van der Waals surface area contributed by atoms with Crippen LogP contribution in [0, 0.1) is 0 Å². The van der Waals surface area contributed by atoms with Gasteiger partial charge in [0.1, 0.15) is 0 Å². The average molecular weight is 295 g/mol. The van der Waals surface area contributed by atoms with Gasteiger partial charge < -0.3 is 14.4 Å². The van der Waals surface area contributed by atoms with Gasteiger partial charge in [-0.25, -0.2) is 9.59 Å². The fourth-order valence-electron chi connectivity index (χ4n) is 2.60. The highest BCUT2D eigenvalue weighted by Crippen LogP contribution is 2.25. The normalized spacial score (nSPS) is 17.3. The second kappa shape index (κ2) is 8.49. The first-order valence-electron chi connectivity index (χ1n) is 7.29. The zero-order valence-electron chi connectivity index (χ0n) is 13.3. The minimum Gasteiger partial charge on any atom is -0.466 e. The van der Waals surface area contributed by atoms with Gasteiger partial charge in [-0.15, -0.1) is 0 Å². The Balaban J connectivity index is 2.98. The van der Waals surface area contributed by atoms with Gasteiger partial charge in [0.25, 0.3) is 0 Å². The Kier molecular flexibility index (Phi) is 6.99. The molecule has 1 saturated carbocycles. The lowest BCUT2D eigenvalue weighted by molar-refractivity contribution is -0.135. The Morgan fingerprint density at radius 1 is 1.05 bits per heavy atom. The average Bonchev–Trinajstić information content (AvgIpc) is 2.54. The second-order valence-electron chi connectivity index (χ2n) is 5.25. The number of carbonyl (C=O) groups is 2. The number of allylic oxidation sites excluding steroid dienone is 1. The van der Waals surface area contributed by atoms with Crippen LogP contribution in [0.15, 0.2) is 23.4 Å². The van der Waals surface area contributed by atoms with Crippen LogP contribution in [0.3, 0.4) is 0 Å². The highest BCUT2D eigenvalue weighted by Gasteiger charge is 2.21. The van der Waals surface area contributed by atoms with E-state index in [1.54, 1.807) is 0 Å². The van der Waals surface area contributed by atoms with Crippen molar-refractivity contribution in [1.29, 1.82) is 0 Å². The summed E-state index contributed by atoms with van der Waals surface area (Å²) in [4.78, 5) is 25.3. The van der Waals surface area contributed by atoms with Crippen LogP contribution in [0.1, 0.15) is 39.0 Å². The molecular weight excluding hydrogens is 270 g/mol. The van der Waals surface area contributed by atoms with E-state index in [-0.39, 0.29) is 0 Å². The third kappa shape index (κ3) is 4.92. The van der Waals surface area contributed by atoms with Crippen LogP contribution >= 0.6 is 0 Å². The Hall–Kier alpha value is -1.78. The van der Waals surface area contributed by atoms with Gasteiger partial charge in [0.05, 0.1) is 19.8 Å². The fraction of sp³-hybridized carbons (Fsp3) is 0.625. The van der Waals surface area contributed by atoms with Crippen LogP contribution in [0.4, 0.5) is 0 Å². The highest BCUT2D eigenvalue weighted by molar-refractivity contribution is 5.94. The highest BCUT2D eigenvalue weighted by atomic mass is 16.5. The Morgan fingerprint density at radius 3 is 2.19 bits per heavy atom. The van der Waals surface area contributed by atoms with Crippen LogP contribution in [0.25, 0.3) is 0 Å². The van der Waals surface area contributed by atoms with Crippen LogP contribution < -0.4 is 0 Å². The molecule has 5 heteroatoms. The molecule has 0 atom stereocenters. The van der Waals surface area contributed by atoms with Crippen molar-refractivity contribution in [3.8, 4) is 0 Å². The third-order valence-corrected chi connectivity index (χ3v) is 4.03. The molecule has 0 radical (unpaired) electrons. The largest absolute Gasteiger partial charge is 0.466 e. The maximum Gasteiger partial charge on any atom is 0.339 e. The number of hydrogen-bond donors (Lipinski definition) is 0. The van der Waals surface area contributed by atoms with E-state index >= 15 is 0 Å². The van der Waals surface area contributed by atoms with Gasteiger partial charge >= 0.3 is 11.9 Å². The van der Waals surface area contributed by atoms with Crippen molar-refractivity contribution in [2.75, 3.05) is 21.3 Å². The van der Waals surface area contributed by atoms with Gasteiger partial charge in [0.2, 0.25) is 0 Å². The first-order valence-corrected chi connectivity index (χ1v) is 7.29. The summed E-state index contributed by atoms with van der Waals surface area (Å²) in [5.74, 6) is -0.945. The van der Waals surface area contributed by atoms with Gasteiger partial charge in [-0.1, -0.05) is 19.3 Å². The van der Waals surface area contributed by atoms with E-state index in [9.17, 15) is 9.59 Å². The van der Waals surface area contributed by atoms with E-state index in [1.165, 1.54) is 45.6 Å². The van der Waals surface area contributed by atoms with E-state index in [2.05, 4.69) is 9.64 Å². The van der Waals surface area contributed by atoms with Gasteiger partial charge in [0, 0.05) is 24.9 Å². The molecule has 0 bridgehead atoms. The zero-order valence-corrected chi connectivity index (χ0v) is 13.3. The quantitative estimate of drug-likeness (QED) is 0.443. The molecule has 21 heavy (non-hydrogen) atoms. The van der Waals surface area contributed by atoms with Crippen molar-refractivity contribution in [2.24, 2.45) is 0 Å². The number of nitrogens with zero attached hydrogens (tertiary/aromatic N) is 1. The van der Waals surface area contributed by atoms with Crippen molar-refractivity contribution in [3.63, 3.8) is 0 Å². The smallest absolute Gasteiger partial charge is 0.339 e. The van der Waals surface area contributed by atoms with Crippen molar-refractivity contribution >= 4 is 11.9 Å². The second-order valence-corrected chi connectivity index (χ2v) is 5.25. The van der Waals surface area contributed by atoms with E-state index in [1.807, 2.05) is 14.0 Å². The third-order valence-electron chi connectivity index (χ3n) is 4.03. The Morgan fingerprint density at radius 2 is 1.67 bits per heavy atom. The Labute approximate surface area is 126 Å². The first kappa shape index (κ1) is 17.3. The topological polar surface area (TPSA) is 55.8 Å². The molecule has 0 saturated heterocycles. The molecule has 0 amide bonds. The molecule has 0 aliphatic heterocycles. The van der Waals surface area contributed by atoms with Gasteiger partial charge in [0.15, 0.2) is 0 Å². The number of esters is 2. The predicted molar refractivity (Wildman–Crippen MR) is 80.5 cm³/mol. The molecule has 0 aromatic heterocycles. The zero-order chi connectivity index (χ0) is 15.8. The summed E-state index contributed by atoms with van der Waals surface area (Å²) in [5.41, 5.74) is 1.20. The lowest BCUT2D eigenvalue weighted by Crippen LogP contribution is -2.33. The summed E-state index contributed by atoms with van der Waals surface area (Å²) in [6.45, 7) is 1.88.